The molecule has 5 heterocycles. The Labute approximate surface area is 236 Å². The summed E-state index contributed by atoms with van der Waals surface area (Å²) in [7, 11) is 3.18. The van der Waals surface area contributed by atoms with E-state index in [2.05, 4.69) is 48.5 Å². The van der Waals surface area contributed by atoms with Crippen molar-refractivity contribution in [1.29, 1.82) is 0 Å². The van der Waals surface area contributed by atoms with Gasteiger partial charge in [-0.2, -0.15) is 4.98 Å². The van der Waals surface area contributed by atoms with Crippen LogP contribution >= 0.6 is 11.6 Å². The Hall–Kier alpha value is -4.15. The molecule has 2 saturated heterocycles. The molecule has 2 aliphatic rings. The highest BCUT2D eigenvalue weighted by molar-refractivity contribution is 6.35. The lowest BCUT2D eigenvalue weighted by Gasteiger charge is -2.39. The number of aromatic nitrogens is 5. The first-order valence-corrected chi connectivity index (χ1v) is 13.8. The van der Waals surface area contributed by atoms with Crippen molar-refractivity contribution < 1.29 is 9.47 Å². The molecule has 0 amide bonds. The summed E-state index contributed by atoms with van der Waals surface area (Å²) >= 11 is 6.72. The first kappa shape index (κ1) is 24.9. The molecular weight excluding hydrogens is 528 g/mol. The largest absolute Gasteiger partial charge is 0.497 e. The summed E-state index contributed by atoms with van der Waals surface area (Å²) in [6, 6.07) is 14.7. The second kappa shape index (κ2) is 10.1. The molecule has 7 rings (SSSR count). The van der Waals surface area contributed by atoms with Crippen molar-refractivity contribution in [2.24, 2.45) is 0 Å². The number of anilines is 3. The number of nitrogens with zero attached hydrogens (tertiary/aromatic N) is 7. The Bertz CT molecular complexity index is 1720. The van der Waals surface area contributed by atoms with Crippen LogP contribution in [0.1, 0.15) is 12.8 Å². The fourth-order valence-electron chi connectivity index (χ4n) is 5.90. The minimum absolute atomic E-state index is 0.459. The van der Waals surface area contributed by atoms with Crippen LogP contribution in [0.3, 0.4) is 0 Å². The van der Waals surface area contributed by atoms with Gasteiger partial charge in [0.05, 0.1) is 19.2 Å². The molecule has 1 atom stereocenters. The Kier molecular flexibility index (Phi) is 6.28. The highest BCUT2D eigenvalue weighted by Crippen LogP contribution is 2.41. The Balaban J connectivity index is 1.22. The number of nitrogens with one attached hydrogen (secondary N) is 1. The second-order valence-corrected chi connectivity index (χ2v) is 10.6. The molecule has 10 nitrogen and oxygen atoms in total. The molecule has 204 valence electrons. The first-order chi connectivity index (χ1) is 19.6. The zero-order chi connectivity index (χ0) is 27.2. The maximum Gasteiger partial charge on any atom is 0.229 e. The van der Waals surface area contributed by atoms with Gasteiger partial charge in [-0.25, -0.2) is 4.98 Å². The Morgan fingerprint density at radius 3 is 2.80 bits per heavy atom. The van der Waals surface area contributed by atoms with Crippen LogP contribution in [0.4, 0.5) is 17.3 Å². The third kappa shape index (κ3) is 4.33. The molecule has 2 aliphatic heterocycles. The van der Waals surface area contributed by atoms with E-state index in [1.165, 1.54) is 25.1 Å². The number of piperazine rings is 1. The molecular formula is C29H29ClN8O2. The minimum atomic E-state index is 0.459. The van der Waals surface area contributed by atoms with Crippen molar-refractivity contribution in [2.45, 2.75) is 18.9 Å². The molecule has 0 aliphatic carbocycles. The van der Waals surface area contributed by atoms with E-state index in [0.717, 1.165) is 41.8 Å². The maximum atomic E-state index is 6.72. The molecule has 3 aromatic heterocycles. The third-order valence-electron chi connectivity index (χ3n) is 7.93. The van der Waals surface area contributed by atoms with Crippen molar-refractivity contribution in [3.05, 3.63) is 60.0 Å². The van der Waals surface area contributed by atoms with E-state index in [-0.39, 0.29) is 0 Å². The zero-order valence-electron chi connectivity index (χ0n) is 22.3. The standard InChI is InChI=1S/C29H29ClN8O2/c1-39-22-13-23(26(30)25(14-22)40-2)24-11-18-15-31-29(34-27(18)38-17-32-35-28(24)38)33-19-5-3-6-20(12-19)37-10-9-36-8-4-7-21(36)16-37/h3,5-6,11-15,17,21H,4,7-10,16H2,1-2H3,(H,31,33,34)/t21-/m1/s1. The van der Waals surface area contributed by atoms with Crippen molar-refractivity contribution in [3.8, 4) is 22.6 Å². The summed E-state index contributed by atoms with van der Waals surface area (Å²) in [6.07, 6.45) is 6.03. The maximum absolute atomic E-state index is 6.72. The normalized spacial score (nSPS) is 17.4. The lowest BCUT2D eigenvalue weighted by atomic mass is 10.0. The zero-order valence-corrected chi connectivity index (χ0v) is 23.1. The highest BCUT2D eigenvalue weighted by atomic mass is 35.5. The number of fused-ring (bicyclic) bond motifs is 4. The Morgan fingerprint density at radius 1 is 1.00 bits per heavy atom. The van der Waals surface area contributed by atoms with E-state index in [4.69, 9.17) is 26.1 Å². The number of hydrogen-bond acceptors (Lipinski definition) is 9. The van der Waals surface area contributed by atoms with Gasteiger partial charge in [-0.15, -0.1) is 10.2 Å². The van der Waals surface area contributed by atoms with Gasteiger partial charge in [0.15, 0.2) is 11.3 Å². The minimum Gasteiger partial charge on any atom is -0.497 e. The molecule has 1 N–H and O–H groups in total. The van der Waals surface area contributed by atoms with Crippen LogP contribution in [-0.2, 0) is 0 Å². The predicted octanol–water partition coefficient (Wildman–Crippen LogP) is 5.04. The average Bonchev–Trinajstić information content (AvgIpc) is 3.67. The van der Waals surface area contributed by atoms with Gasteiger partial charge in [0.25, 0.3) is 0 Å². The van der Waals surface area contributed by atoms with Gasteiger partial charge in [0.1, 0.15) is 17.8 Å². The summed E-state index contributed by atoms with van der Waals surface area (Å²) in [6.45, 7) is 4.48. The number of ether oxygens (including phenoxy) is 2. The summed E-state index contributed by atoms with van der Waals surface area (Å²) in [5.41, 5.74) is 4.94. The number of pyridine rings is 1. The number of rotatable bonds is 6. The summed E-state index contributed by atoms with van der Waals surface area (Å²) in [4.78, 5) is 14.6. The van der Waals surface area contributed by atoms with Crippen LogP contribution in [0.25, 0.3) is 27.8 Å². The monoisotopic (exact) mass is 556 g/mol. The van der Waals surface area contributed by atoms with Gasteiger partial charge in [-0.3, -0.25) is 9.30 Å². The van der Waals surface area contributed by atoms with Gasteiger partial charge in [-0.05, 0) is 49.7 Å². The van der Waals surface area contributed by atoms with E-state index < -0.39 is 0 Å². The fourth-order valence-corrected chi connectivity index (χ4v) is 6.19. The molecule has 5 aromatic rings. The summed E-state index contributed by atoms with van der Waals surface area (Å²) in [5, 5.41) is 13.2. The van der Waals surface area contributed by atoms with Gasteiger partial charge in [0, 0.05) is 65.8 Å². The smallest absolute Gasteiger partial charge is 0.229 e. The highest BCUT2D eigenvalue weighted by Gasteiger charge is 2.30. The fraction of sp³-hybridized carbons (Fsp3) is 0.310. The average molecular weight is 557 g/mol. The van der Waals surface area contributed by atoms with Crippen LogP contribution in [0.15, 0.2) is 55.0 Å². The number of halogens is 1. The van der Waals surface area contributed by atoms with Crippen molar-refractivity contribution in [2.75, 3.05) is 50.6 Å². The van der Waals surface area contributed by atoms with Crippen molar-refractivity contribution in [3.63, 3.8) is 0 Å². The molecule has 40 heavy (non-hydrogen) atoms. The molecule has 2 fully saturated rings. The summed E-state index contributed by atoms with van der Waals surface area (Å²) in [5.74, 6) is 1.63. The Morgan fingerprint density at radius 2 is 1.93 bits per heavy atom. The third-order valence-corrected chi connectivity index (χ3v) is 8.32. The van der Waals surface area contributed by atoms with Gasteiger partial charge >= 0.3 is 0 Å². The lowest BCUT2D eigenvalue weighted by Crippen LogP contribution is -2.50. The molecule has 0 radical (unpaired) electrons. The second-order valence-electron chi connectivity index (χ2n) is 10.2. The first-order valence-electron chi connectivity index (χ1n) is 13.4. The molecule has 11 heteroatoms. The molecule has 2 aromatic carbocycles. The van der Waals surface area contributed by atoms with Gasteiger partial charge in [-0.1, -0.05) is 17.7 Å². The molecule has 0 saturated carbocycles. The van der Waals surface area contributed by atoms with E-state index in [9.17, 15) is 0 Å². The predicted molar refractivity (Wildman–Crippen MR) is 156 cm³/mol. The lowest BCUT2D eigenvalue weighted by molar-refractivity contribution is 0.231. The van der Waals surface area contributed by atoms with Gasteiger partial charge < -0.3 is 19.7 Å². The quantitative estimate of drug-likeness (QED) is 0.309. The van der Waals surface area contributed by atoms with Crippen LogP contribution in [0.2, 0.25) is 5.02 Å². The van der Waals surface area contributed by atoms with E-state index in [1.807, 2.05) is 22.6 Å². The van der Waals surface area contributed by atoms with Crippen LogP contribution in [-0.4, -0.2) is 75.9 Å². The van der Waals surface area contributed by atoms with Crippen LogP contribution < -0.4 is 19.7 Å². The molecule has 0 bridgehead atoms. The van der Waals surface area contributed by atoms with Gasteiger partial charge in [0.2, 0.25) is 5.95 Å². The number of hydrogen-bond donors (Lipinski definition) is 1. The topological polar surface area (TPSA) is 92.9 Å². The molecule has 0 unspecified atom stereocenters. The number of benzene rings is 2. The summed E-state index contributed by atoms with van der Waals surface area (Å²) < 4.78 is 12.8. The van der Waals surface area contributed by atoms with Crippen LogP contribution in [0, 0.1) is 0 Å². The SMILES string of the molecule is COc1cc(OC)c(Cl)c(-c2cc3cnc(Nc4cccc(N5CCN6CCC[C@@H]6C5)c4)nc3n3cnnc23)c1. The van der Waals surface area contributed by atoms with E-state index >= 15 is 0 Å². The number of methoxy groups -OCH3 is 2. The van der Waals surface area contributed by atoms with E-state index in [0.29, 0.717) is 39.8 Å². The van der Waals surface area contributed by atoms with Crippen molar-refractivity contribution >= 4 is 45.6 Å². The van der Waals surface area contributed by atoms with Crippen LogP contribution in [0.5, 0.6) is 11.5 Å². The molecule has 0 spiro atoms. The van der Waals surface area contributed by atoms with Crippen molar-refractivity contribution in [1.82, 2.24) is 29.5 Å². The van der Waals surface area contributed by atoms with E-state index in [1.54, 1.807) is 32.8 Å².